The SMILES string of the molecule is CCC(CC)C(C)Nc1cc(C(N)=O)ccc1[N+](=O)[O-]. The first-order valence-corrected chi connectivity index (χ1v) is 6.75. The molecule has 0 bridgehead atoms. The first kappa shape index (κ1) is 15.9. The average molecular weight is 279 g/mol. The molecule has 6 nitrogen and oxygen atoms in total. The number of hydrogen-bond acceptors (Lipinski definition) is 4. The molecule has 1 amide bonds. The van der Waals surface area contributed by atoms with Crippen LogP contribution in [0.5, 0.6) is 0 Å². The maximum Gasteiger partial charge on any atom is 0.292 e. The third-order valence-corrected chi connectivity index (χ3v) is 3.62. The number of nitrogens with one attached hydrogen (secondary N) is 1. The lowest BCUT2D eigenvalue weighted by molar-refractivity contribution is -0.384. The van der Waals surface area contributed by atoms with Crippen LogP contribution >= 0.6 is 0 Å². The number of amides is 1. The van der Waals surface area contributed by atoms with E-state index < -0.39 is 10.8 Å². The van der Waals surface area contributed by atoms with Crippen LogP contribution in [0, 0.1) is 16.0 Å². The molecular formula is C14H21N3O3. The number of hydrogen-bond donors (Lipinski definition) is 2. The van der Waals surface area contributed by atoms with E-state index in [4.69, 9.17) is 5.73 Å². The van der Waals surface area contributed by atoms with Gasteiger partial charge in [0, 0.05) is 17.7 Å². The summed E-state index contributed by atoms with van der Waals surface area (Å²) in [4.78, 5) is 21.8. The number of nitro groups is 1. The van der Waals surface area contributed by atoms with Crippen molar-refractivity contribution in [2.75, 3.05) is 5.32 Å². The molecule has 0 spiro atoms. The highest BCUT2D eigenvalue weighted by atomic mass is 16.6. The van der Waals surface area contributed by atoms with E-state index in [0.717, 1.165) is 12.8 Å². The molecule has 1 unspecified atom stereocenters. The highest BCUT2D eigenvalue weighted by molar-refractivity contribution is 5.94. The smallest absolute Gasteiger partial charge is 0.292 e. The van der Waals surface area contributed by atoms with Gasteiger partial charge < -0.3 is 11.1 Å². The Morgan fingerprint density at radius 3 is 2.45 bits per heavy atom. The van der Waals surface area contributed by atoms with Gasteiger partial charge in [-0.3, -0.25) is 14.9 Å². The second-order valence-corrected chi connectivity index (χ2v) is 4.86. The molecule has 0 aliphatic rings. The number of carbonyl (C=O) groups excluding carboxylic acids is 1. The van der Waals surface area contributed by atoms with Crippen molar-refractivity contribution in [3.05, 3.63) is 33.9 Å². The number of nitrogens with zero attached hydrogens (tertiary/aromatic N) is 1. The molecule has 0 saturated carbocycles. The first-order chi connectivity index (χ1) is 9.40. The van der Waals surface area contributed by atoms with Gasteiger partial charge in [0.15, 0.2) is 0 Å². The van der Waals surface area contributed by atoms with E-state index in [1.54, 1.807) is 0 Å². The lowest BCUT2D eigenvalue weighted by atomic mass is 9.95. The lowest BCUT2D eigenvalue weighted by Crippen LogP contribution is -2.25. The summed E-state index contributed by atoms with van der Waals surface area (Å²) in [6.07, 6.45) is 1.96. The van der Waals surface area contributed by atoms with E-state index in [1.165, 1.54) is 18.2 Å². The average Bonchev–Trinajstić information content (AvgIpc) is 2.39. The van der Waals surface area contributed by atoms with Gasteiger partial charge in [-0.05, 0) is 25.0 Å². The first-order valence-electron chi connectivity index (χ1n) is 6.75. The largest absolute Gasteiger partial charge is 0.377 e. The van der Waals surface area contributed by atoms with Crippen molar-refractivity contribution in [3.63, 3.8) is 0 Å². The van der Waals surface area contributed by atoms with Gasteiger partial charge in [-0.1, -0.05) is 26.7 Å². The van der Waals surface area contributed by atoms with Crippen LogP contribution < -0.4 is 11.1 Å². The molecule has 0 fully saturated rings. The molecule has 1 aromatic carbocycles. The molecule has 3 N–H and O–H groups in total. The molecule has 0 aliphatic carbocycles. The second-order valence-electron chi connectivity index (χ2n) is 4.86. The van der Waals surface area contributed by atoms with Gasteiger partial charge in [0.1, 0.15) is 5.69 Å². The van der Waals surface area contributed by atoms with Crippen molar-refractivity contribution < 1.29 is 9.72 Å². The van der Waals surface area contributed by atoms with Gasteiger partial charge in [-0.25, -0.2) is 0 Å². The van der Waals surface area contributed by atoms with E-state index in [2.05, 4.69) is 19.2 Å². The summed E-state index contributed by atoms with van der Waals surface area (Å²) in [7, 11) is 0. The Bertz CT molecular complexity index is 498. The Hall–Kier alpha value is -2.11. The maximum absolute atomic E-state index is 11.2. The minimum absolute atomic E-state index is 0.0483. The van der Waals surface area contributed by atoms with Gasteiger partial charge in [-0.15, -0.1) is 0 Å². The summed E-state index contributed by atoms with van der Waals surface area (Å²) >= 11 is 0. The Morgan fingerprint density at radius 2 is 2.00 bits per heavy atom. The second kappa shape index (κ2) is 6.88. The van der Waals surface area contributed by atoms with E-state index in [0.29, 0.717) is 11.6 Å². The minimum Gasteiger partial charge on any atom is -0.377 e. The van der Waals surface area contributed by atoms with Gasteiger partial charge in [0.2, 0.25) is 5.91 Å². The molecule has 110 valence electrons. The molecule has 20 heavy (non-hydrogen) atoms. The molecule has 0 heterocycles. The fourth-order valence-electron chi connectivity index (χ4n) is 2.32. The highest BCUT2D eigenvalue weighted by Crippen LogP contribution is 2.28. The van der Waals surface area contributed by atoms with Crippen LogP contribution in [0.4, 0.5) is 11.4 Å². The van der Waals surface area contributed by atoms with Crippen LogP contribution in [0.2, 0.25) is 0 Å². The number of rotatable bonds is 7. The number of anilines is 1. The monoisotopic (exact) mass is 279 g/mol. The molecule has 0 saturated heterocycles. The van der Waals surface area contributed by atoms with Crippen molar-refractivity contribution in [1.29, 1.82) is 0 Å². The minimum atomic E-state index is -0.599. The van der Waals surface area contributed by atoms with Crippen LogP contribution in [0.3, 0.4) is 0 Å². The zero-order chi connectivity index (χ0) is 15.3. The summed E-state index contributed by atoms with van der Waals surface area (Å²) in [6.45, 7) is 6.15. The molecule has 6 heteroatoms. The van der Waals surface area contributed by atoms with Crippen molar-refractivity contribution in [2.24, 2.45) is 11.7 Å². The number of benzene rings is 1. The van der Waals surface area contributed by atoms with Crippen LogP contribution in [0.15, 0.2) is 18.2 Å². The van der Waals surface area contributed by atoms with E-state index >= 15 is 0 Å². The molecule has 1 aromatic rings. The summed E-state index contributed by atoms with van der Waals surface area (Å²) in [5.41, 5.74) is 5.76. The Morgan fingerprint density at radius 1 is 1.40 bits per heavy atom. The van der Waals surface area contributed by atoms with Crippen molar-refractivity contribution in [2.45, 2.75) is 39.7 Å². The van der Waals surface area contributed by atoms with Gasteiger partial charge in [0.25, 0.3) is 5.69 Å². The highest BCUT2D eigenvalue weighted by Gasteiger charge is 2.20. The third-order valence-electron chi connectivity index (χ3n) is 3.62. The maximum atomic E-state index is 11.2. The molecular weight excluding hydrogens is 258 g/mol. The van der Waals surface area contributed by atoms with Crippen LogP contribution in [0.1, 0.15) is 44.0 Å². The van der Waals surface area contributed by atoms with Gasteiger partial charge in [-0.2, -0.15) is 0 Å². The summed E-state index contributed by atoms with van der Waals surface area (Å²) < 4.78 is 0. The van der Waals surface area contributed by atoms with Crippen LogP contribution in [0.25, 0.3) is 0 Å². The molecule has 0 aromatic heterocycles. The summed E-state index contributed by atoms with van der Waals surface area (Å²) in [6, 6.07) is 4.20. The van der Waals surface area contributed by atoms with Crippen LogP contribution in [-0.4, -0.2) is 16.9 Å². The van der Waals surface area contributed by atoms with E-state index in [-0.39, 0.29) is 17.3 Å². The number of carbonyl (C=O) groups is 1. The molecule has 1 atom stereocenters. The van der Waals surface area contributed by atoms with Crippen molar-refractivity contribution in [1.82, 2.24) is 0 Å². The lowest BCUT2D eigenvalue weighted by Gasteiger charge is -2.23. The van der Waals surface area contributed by atoms with Gasteiger partial charge >= 0.3 is 0 Å². The standard InChI is InChI=1S/C14H21N3O3/c1-4-10(5-2)9(3)16-12-8-11(14(15)18)6-7-13(12)17(19)20/h6-10,16H,4-5H2,1-3H3,(H2,15,18). The molecule has 0 radical (unpaired) electrons. The zero-order valence-corrected chi connectivity index (χ0v) is 12.1. The van der Waals surface area contributed by atoms with Crippen molar-refractivity contribution in [3.8, 4) is 0 Å². The quantitative estimate of drug-likeness (QED) is 0.592. The fourth-order valence-corrected chi connectivity index (χ4v) is 2.32. The number of nitrogens with two attached hydrogens (primary N) is 1. The third kappa shape index (κ3) is 3.69. The normalized spacial score (nSPS) is 12.2. The summed E-state index contributed by atoms with van der Waals surface area (Å²) in [5.74, 6) is -0.190. The zero-order valence-electron chi connectivity index (χ0n) is 12.1. The number of primary amides is 1. The fraction of sp³-hybridized carbons (Fsp3) is 0.500. The van der Waals surface area contributed by atoms with Crippen molar-refractivity contribution >= 4 is 17.3 Å². The Kier molecular flexibility index (Phi) is 5.49. The van der Waals surface area contributed by atoms with Crippen LogP contribution in [-0.2, 0) is 0 Å². The topological polar surface area (TPSA) is 98.3 Å². The predicted molar refractivity (Wildman–Crippen MR) is 78.8 cm³/mol. The summed E-state index contributed by atoms with van der Waals surface area (Å²) in [5, 5.41) is 14.2. The van der Waals surface area contributed by atoms with Gasteiger partial charge in [0.05, 0.1) is 4.92 Å². The Labute approximate surface area is 118 Å². The van der Waals surface area contributed by atoms with E-state index in [1.807, 2.05) is 6.92 Å². The number of nitro benzene ring substituents is 1. The Balaban J connectivity index is 3.10. The predicted octanol–water partition coefficient (Wildman–Crippen LogP) is 2.93. The molecule has 1 rings (SSSR count). The molecule has 0 aliphatic heterocycles. The van der Waals surface area contributed by atoms with E-state index in [9.17, 15) is 14.9 Å².